The highest BCUT2D eigenvalue weighted by Gasteiger charge is 2.39. The SMILES string of the molecule is CC(C)C(=O)C1CCCN1OC(=O)[C@@H]1CCCN1C(N)=O. The first-order chi connectivity index (χ1) is 9.91. The van der Waals surface area contributed by atoms with E-state index in [1.807, 2.05) is 13.8 Å². The lowest BCUT2D eigenvalue weighted by atomic mass is 10.0. The smallest absolute Gasteiger partial charge is 0.347 e. The minimum Gasteiger partial charge on any atom is -0.365 e. The van der Waals surface area contributed by atoms with E-state index in [2.05, 4.69) is 0 Å². The number of hydrogen-bond donors (Lipinski definition) is 1. The van der Waals surface area contributed by atoms with Crippen molar-refractivity contribution in [2.75, 3.05) is 13.1 Å². The number of hydrogen-bond acceptors (Lipinski definition) is 5. The number of hydroxylamine groups is 2. The fraction of sp³-hybridized carbons (Fsp3) is 0.786. The number of carbonyl (C=O) groups is 3. The second-order valence-corrected chi connectivity index (χ2v) is 5.96. The molecule has 21 heavy (non-hydrogen) atoms. The molecule has 2 rings (SSSR count). The van der Waals surface area contributed by atoms with Gasteiger partial charge in [0.25, 0.3) is 0 Å². The number of nitrogens with zero attached hydrogens (tertiary/aromatic N) is 2. The number of amides is 2. The molecule has 0 aromatic rings. The number of carbonyl (C=O) groups excluding carboxylic acids is 3. The molecular weight excluding hydrogens is 274 g/mol. The normalized spacial score (nSPS) is 26.3. The molecule has 118 valence electrons. The number of ketones is 1. The van der Waals surface area contributed by atoms with E-state index in [-0.39, 0.29) is 17.7 Å². The Balaban J connectivity index is 1.98. The molecule has 0 aromatic carbocycles. The average Bonchev–Trinajstić information content (AvgIpc) is 3.05. The summed E-state index contributed by atoms with van der Waals surface area (Å²) >= 11 is 0. The number of primary amides is 1. The van der Waals surface area contributed by atoms with Crippen LogP contribution in [-0.4, -0.2) is 52.9 Å². The van der Waals surface area contributed by atoms with Gasteiger partial charge in [-0.3, -0.25) is 4.79 Å². The van der Waals surface area contributed by atoms with Gasteiger partial charge in [0.1, 0.15) is 12.1 Å². The molecule has 0 aliphatic carbocycles. The summed E-state index contributed by atoms with van der Waals surface area (Å²) in [5.74, 6) is -0.504. The molecule has 2 heterocycles. The molecule has 0 bridgehead atoms. The summed E-state index contributed by atoms with van der Waals surface area (Å²) in [6.45, 7) is 4.71. The molecule has 1 unspecified atom stereocenters. The van der Waals surface area contributed by atoms with E-state index in [4.69, 9.17) is 10.6 Å². The largest absolute Gasteiger partial charge is 0.365 e. The molecule has 2 atom stereocenters. The van der Waals surface area contributed by atoms with Gasteiger partial charge in [-0.1, -0.05) is 13.8 Å². The van der Waals surface area contributed by atoms with Gasteiger partial charge in [0.15, 0.2) is 5.78 Å². The monoisotopic (exact) mass is 297 g/mol. The number of nitrogens with two attached hydrogens (primary N) is 1. The third-order valence-corrected chi connectivity index (χ3v) is 4.12. The van der Waals surface area contributed by atoms with Crippen molar-refractivity contribution in [2.24, 2.45) is 11.7 Å². The Morgan fingerprint density at radius 2 is 1.71 bits per heavy atom. The van der Waals surface area contributed by atoms with Crippen molar-refractivity contribution >= 4 is 17.8 Å². The Hall–Kier alpha value is -1.63. The lowest BCUT2D eigenvalue weighted by Crippen LogP contribution is -2.47. The van der Waals surface area contributed by atoms with Crippen LogP contribution in [0.4, 0.5) is 4.79 Å². The van der Waals surface area contributed by atoms with Crippen LogP contribution in [0.1, 0.15) is 39.5 Å². The minimum atomic E-state index is -0.627. The second kappa shape index (κ2) is 6.43. The van der Waals surface area contributed by atoms with Crippen LogP contribution in [0.3, 0.4) is 0 Å². The van der Waals surface area contributed by atoms with Crippen LogP contribution in [0.15, 0.2) is 0 Å². The molecule has 2 saturated heterocycles. The molecule has 0 spiro atoms. The van der Waals surface area contributed by atoms with Gasteiger partial charge in [-0.15, -0.1) is 5.06 Å². The van der Waals surface area contributed by atoms with Crippen LogP contribution in [0, 0.1) is 5.92 Å². The van der Waals surface area contributed by atoms with Gasteiger partial charge in [0.05, 0.1) is 0 Å². The van der Waals surface area contributed by atoms with Crippen molar-refractivity contribution in [2.45, 2.75) is 51.6 Å². The predicted octanol–water partition coefficient (Wildman–Crippen LogP) is 0.677. The predicted molar refractivity (Wildman–Crippen MR) is 75.0 cm³/mol. The number of urea groups is 1. The maximum Gasteiger partial charge on any atom is 0.347 e. The van der Waals surface area contributed by atoms with Crippen molar-refractivity contribution in [3.05, 3.63) is 0 Å². The molecular formula is C14H23N3O4. The summed E-state index contributed by atoms with van der Waals surface area (Å²) in [7, 11) is 0. The first-order valence-corrected chi connectivity index (χ1v) is 7.50. The standard InChI is InChI=1S/C14H23N3O4/c1-9(2)12(18)10-5-4-8-17(10)21-13(19)11-6-3-7-16(11)14(15)20/h9-11H,3-8H2,1-2H3,(H2,15,20)/t10?,11-/m0/s1. The molecule has 0 radical (unpaired) electrons. The van der Waals surface area contributed by atoms with E-state index in [1.54, 1.807) is 0 Å². The molecule has 2 N–H and O–H groups in total. The maximum absolute atomic E-state index is 12.2. The third kappa shape index (κ3) is 3.34. The Bertz CT molecular complexity index is 438. The molecule has 0 saturated carbocycles. The number of Topliss-reactive ketones (excluding diaryl/α,β-unsaturated/α-hetero) is 1. The highest BCUT2D eigenvalue weighted by Crippen LogP contribution is 2.24. The fourth-order valence-corrected chi connectivity index (χ4v) is 2.97. The van der Waals surface area contributed by atoms with Crippen LogP contribution < -0.4 is 5.73 Å². The highest BCUT2D eigenvalue weighted by molar-refractivity contribution is 5.86. The summed E-state index contributed by atoms with van der Waals surface area (Å²) in [5, 5.41) is 1.47. The Labute approximate surface area is 124 Å². The maximum atomic E-state index is 12.2. The molecule has 2 aliphatic heterocycles. The zero-order valence-corrected chi connectivity index (χ0v) is 12.6. The summed E-state index contributed by atoms with van der Waals surface area (Å²) in [4.78, 5) is 42.3. The lowest BCUT2D eigenvalue weighted by molar-refractivity contribution is -0.199. The lowest BCUT2D eigenvalue weighted by Gasteiger charge is -2.27. The summed E-state index contributed by atoms with van der Waals surface area (Å²) in [6, 6.07) is -1.60. The number of likely N-dealkylation sites (tertiary alicyclic amines) is 1. The van der Waals surface area contributed by atoms with Gasteiger partial charge < -0.3 is 15.5 Å². The van der Waals surface area contributed by atoms with Gasteiger partial charge in [-0.05, 0) is 25.7 Å². The van der Waals surface area contributed by atoms with Crippen molar-refractivity contribution in [1.82, 2.24) is 9.96 Å². The van der Waals surface area contributed by atoms with E-state index in [0.717, 1.165) is 12.8 Å². The zero-order chi connectivity index (χ0) is 15.6. The second-order valence-electron chi connectivity index (χ2n) is 5.96. The van der Waals surface area contributed by atoms with Gasteiger partial charge in [0, 0.05) is 19.0 Å². The summed E-state index contributed by atoms with van der Waals surface area (Å²) in [5.41, 5.74) is 5.26. The molecule has 2 aliphatic rings. The summed E-state index contributed by atoms with van der Waals surface area (Å²) < 4.78 is 0. The Kier molecular flexibility index (Phi) is 4.82. The van der Waals surface area contributed by atoms with Crippen LogP contribution in [0.25, 0.3) is 0 Å². The van der Waals surface area contributed by atoms with Crippen LogP contribution in [0.5, 0.6) is 0 Å². The molecule has 2 amide bonds. The van der Waals surface area contributed by atoms with Crippen molar-refractivity contribution in [3.63, 3.8) is 0 Å². The summed E-state index contributed by atoms with van der Waals surface area (Å²) in [6.07, 6.45) is 2.81. The highest BCUT2D eigenvalue weighted by atomic mass is 16.7. The van der Waals surface area contributed by atoms with E-state index in [9.17, 15) is 14.4 Å². The van der Waals surface area contributed by atoms with Crippen molar-refractivity contribution in [1.29, 1.82) is 0 Å². The topological polar surface area (TPSA) is 92.9 Å². The molecule has 7 nitrogen and oxygen atoms in total. The van der Waals surface area contributed by atoms with Gasteiger partial charge in [-0.25, -0.2) is 9.59 Å². The first-order valence-electron chi connectivity index (χ1n) is 7.50. The van der Waals surface area contributed by atoms with Crippen LogP contribution >= 0.6 is 0 Å². The quantitative estimate of drug-likeness (QED) is 0.823. The van der Waals surface area contributed by atoms with E-state index in [0.29, 0.717) is 25.9 Å². The van der Waals surface area contributed by atoms with E-state index >= 15 is 0 Å². The van der Waals surface area contributed by atoms with Gasteiger partial charge in [0.2, 0.25) is 0 Å². The van der Waals surface area contributed by atoms with E-state index < -0.39 is 18.0 Å². The Morgan fingerprint density at radius 1 is 1.10 bits per heavy atom. The zero-order valence-electron chi connectivity index (χ0n) is 12.6. The van der Waals surface area contributed by atoms with E-state index in [1.165, 1.54) is 9.96 Å². The van der Waals surface area contributed by atoms with Crippen molar-refractivity contribution < 1.29 is 19.2 Å². The number of rotatable bonds is 4. The average molecular weight is 297 g/mol. The molecule has 0 aromatic heterocycles. The minimum absolute atomic E-state index is 0.0819. The van der Waals surface area contributed by atoms with Crippen LogP contribution in [-0.2, 0) is 14.4 Å². The fourth-order valence-electron chi connectivity index (χ4n) is 2.97. The van der Waals surface area contributed by atoms with Gasteiger partial charge >= 0.3 is 12.0 Å². The molecule has 7 heteroatoms. The Morgan fingerprint density at radius 3 is 2.33 bits per heavy atom. The molecule has 2 fully saturated rings. The third-order valence-electron chi connectivity index (χ3n) is 4.12. The first kappa shape index (κ1) is 15.8. The van der Waals surface area contributed by atoms with Crippen molar-refractivity contribution in [3.8, 4) is 0 Å². The van der Waals surface area contributed by atoms with Crippen LogP contribution in [0.2, 0.25) is 0 Å². The van der Waals surface area contributed by atoms with Gasteiger partial charge in [-0.2, -0.15) is 0 Å².